The quantitative estimate of drug-likeness (QED) is 0.690. The second-order valence-electron chi connectivity index (χ2n) is 4.36. The number of pyridine rings is 1. The van der Waals surface area contributed by atoms with Crippen molar-refractivity contribution in [2.75, 3.05) is 0 Å². The molecule has 104 valence electrons. The van der Waals surface area contributed by atoms with Crippen LogP contribution in [0.25, 0.3) is 17.0 Å². The van der Waals surface area contributed by atoms with Gasteiger partial charge in [-0.1, -0.05) is 12.1 Å². The van der Waals surface area contributed by atoms with E-state index in [1.165, 1.54) is 22.7 Å². The molecule has 0 aliphatic heterocycles. The molecule has 0 fully saturated rings. The normalized spacial score (nSPS) is 11.5. The van der Waals surface area contributed by atoms with E-state index in [2.05, 4.69) is 10.2 Å². The fourth-order valence-corrected chi connectivity index (χ4v) is 1.99. The predicted octanol–water partition coefficient (Wildman–Crippen LogP) is 3.29. The van der Waals surface area contributed by atoms with E-state index in [4.69, 9.17) is 5.26 Å². The number of aromatic nitrogens is 3. The number of nitrogens with zero attached hydrogens (tertiary/aromatic N) is 4. The van der Waals surface area contributed by atoms with Crippen molar-refractivity contribution in [1.29, 1.82) is 5.26 Å². The monoisotopic (exact) mass is 288 g/mol. The third kappa shape index (κ3) is 2.31. The average Bonchev–Trinajstić information content (AvgIpc) is 2.89. The van der Waals surface area contributed by atoms with Crippen LogP contribution in [-0.4, -0.2) is 14.6 Å². The molecule has 21 heavy (non-hydrogen) atoms. The highest BCUT2D eigenvalue weighted by molar-refractivity contribution is 5.61. The molecule has 0 amide bonds. The van der Waals surface area contributed by atoms with E-state index in [0.717, 1.165) is 12.1 Å². The third-order valence-electron chi connectivity index (χ3n) is 2.98. The Hall–Kier alpha value is -2.88. The molecule has 0 saturated heterocycles. The molecule has 2 aromatic heterocycles. The summed E-state index contributed by atoms with van der Waals surface area (Å²) in [6.07, 6.45) is -2.93. The van der Waals surface area contributed by atoms with E-state index in [9.17, 15) is 13.2 Å². The van der Waals surface area contributed by atoms with Crippen molar-refractivity contribution in [3.63, 3.8) is 0 Å². The van der Waals surface area contributed by atoms with Gasteiger partial charge in [0.1, 0.15) is 6.07 Å². The third-order valence-corrected chi connectivity index (χ3v) is 2.98. The number of hydrogen-bond donors (Lipinski definition) is 0. The Morgan fingerprint density at radius 1 is 1.10 bits per heavy atom. The van der Waals surface area contributed by atoms with E-state index in [1.54, 1.807) is 12.1 Å². The van der Waals surface area contributed by atoms with Gasteiger partial charge in [0.15, 0.2) is 11.5 Å². The van der Waals surface area contributed by atoms with Crippen LogP contribution in [0.15, 0.2) is 42.6 Å². The van der Waals surface area contributed by atoms with Gasteiger partial charge in [-0.15, -0.1) is 10.2 Å². The number of rotatable bonds is 1. The summed E-state index contributed by atoms with van der Waals surface area (Å²) in [7, 11) is 0. The number of benzene rings is 1. The van der Waals surface area contributed by atoms with Crippen LogP contribution in [-0.2, 0) is 6.18 Å². The van der Waals surface area contributed by atoms with Gasteiger partial charge in [-0.25, -0.2) is 0 Å². The summed E-state index contributed by atoms with van der Waals surface area (Å²) in [4.78, 5) is 0. The van der Waals surface area contributed by atoms with Crippen LogP contribution in [0.1, 0.15) is 11.1 Å². The molecule has 0 N–H and O–H groups in total. The van der Waals surface area contributed by atoms with Gasteiger partial charge in [0.2, 0.25) is 0 Å². The smallest absolute Gasteiger partial charge is 0.281 e. The summed E-state index contributed by atoms with van der Waals surface area (Å²) in [6, 6.07) is 9.96. The van der Waals surface area contributed by atoms with Crippen LogP contribution >= 0.6 is 0 Å². The van der Waals surface area contributed by atoms with E-state index in [-0.39, 0.29) is 11.4 Å². The highest BCUT2D eigenvalue weighted by Crippen LogP contribution is 2.31. The van der Waals surface area contributed by atoms with Gasteiger partial charge in [0.05, 0.1) is 11.1 Å². The van der Waals surface area contributed by atoms with E-state index >= 15 is 0 Å². The van der Waals surface area contributed by atoms with Gasteiger partial charge in [0, 0.05) is 11.8 Å². The minimum absolute atomic E-state index is 0.258. The fraction of sp³-hybridized carbons (Fsp3) is 0.0714. The Balaban J connectivity index is 2.19. The summed E-state index contributed by atoms with van der Waals surface area (Å²) in [5.74, 6) is 0.258. The maximum atomic E-state index is 12.8. The van der Waals surface area contributed by atoms with Gasteiger partial charge in [-0.05, 0) is 24.3 Å². The summed E-state index contributed by atoms with van der Waals surface area (Å²) in [5, 5.41) is 16.7. The van der Waals surface area contributed by atoms with Crippen molar-refractivity contribution < 1.29 is 13.2 Å². The first-order valence-electron chi connectivity index (χ1n) is 5.91. The van der Waals surface area contributed by atoms with Gasteiger partial charge < -0.3 is 0 Å². The molecule has 3 rings (SSSR count). The van der Waals surface area contributed by atoms with Crippen LogP contribution < -0.4 is 0 Å². The van der Waals surface area contributed by atoms with E-state index in [0.29, 0.717) is 11.2 Å². The molecule has 0 atom stereocenters. The number of fused-ring (bicyclic) bond motifs is 1. The average molecular weight is 288 g/mol. The maximum Gasteiger partial charge on any atom is 0.416 e. The summed E-state index contributed by atoms with van der Waals surface area (Å²) in [6.45, 7) is 0. The number of nitriles is 1. The van der Waals surface area contributed by atoms with Crippen molar-refractivity contribution in [2.45, 2.75) is 6.18 Å². The lowest BCUT2D eigenvalue weighted by molar-refractivity contribution is -0.137. The van der Waals surface area contributed by atoms with Gasteiger partial charge in [0.25, 0.3) is 0 Å². The first-order valence-corrected chi connectivity index (χ1v) is 5.91. The Kier molecular flexibility index (Phi) is 2.87. The molecule has 0 unspecified atom stereocenters. The zero-order chi connectivity index (χ0) is 15.0. The van der Waals surface area contributed by atoms with Crippen molar-refractivity contribution in [1.82, 2.24) is 14.6 Å². The molecule has 0 aliphatic carbocycles. The SMILES string of the molecule is N#Cc1ccc2nnc(-c3cccc(C(F)(F)F)c3)n2c1. The van der Waals surface area contributed by atoms with Crippen molar-refractivity contribution in [3.8, 4) is 17.5 Å². The second kappa shape index (κ2) is 4.59. The lowest BCUT2D eigenvalue weighted by Crippen LogP contribution is -2.04. The second-order valence-corrected chi connectivity index (χ2v) is 4.36. The Morgan fingerprint density at radius 3 is 2.62 bits per heavy atom. The minimum Gasteiger partial charge on any atom is -0.281 e. The summed E-state index contributed by atoms with van der Waals surface area (Å²) >= 11 is 0. The zero-order valence-corrected chi connectivity index (χ0v) is 10.5. The Bertz CT molecular complexity index is 859. The number of halogens is 3. The van der Waals surface area contributed by atoms with Gasteiger partial charge >= 0.3 is 6.18 Å². The summed E-state index contributed by atoms with van der Waals surface area (Å²) < 4.78 is 39.8. The van der Waals surface area contributed by atoms with Gasteiger partial charge in [-0.2, -0.15) is 18.4 Å². The van der Waals surface area contributed by atoms with E-state index in [1.807, 2.05) is 6.07 Å². The zero-order valence-electron chi connectivity index (χ0n) is 10.5. The van der Waals surface area contributed by atoms with E-state index < -0.39 is 11.7 Å². The molecule has 7 heteroatoms. The molecule has 2 heterocycles. The first-order chi connectivity index (χ1) is 9.99. The molecule has 0 radical (unpaired) electrons. The molecule has 0 spiro atoms. The molecule has 0 aliphatic rings. The molecular formula is C14H7F3N4. The van der Waals surface area contributed by atoms with Gasteiger partial charge in [-0.3, -0.25) is 4.40 Å². The van der Waals surface area contributed by atoms with Crippen LogP contribution in [0.4, 0.5) is 13.2 Å². The summed E-state index contributed by atoms with van der Waals surface area (Å²) in [5.41, 5.74) is 0.359. The lowest BCUT2D eigenvalue weighted by atomic mass is 10.1. The molecule has 0 saturated carbocycles. The molecule has 4 nitrogen and oxygen atoms in total. The highest BCUT2D eigenvalue weighted by Gasteiger charge is 2.30. The van der Waals surface area contributed by atoms with Crippen molar-refractivity contribution in [2.24, 2.45) is 0 Å². The minimum atomic E-state index is -4.42. The van der Waals surface area contributed by atoms with Crippen LogP contribution in [0.2, 0.25) is 0 Å². The standard InChI is InChI=1S/C14H7F3N4/c15-14(16,17)11-3-1-2-10(6-11)13-20-19-12-5-4-9(7-18)8-21(12)13/h1-6,8H. The Labute approximate surface area is 117 Å². The fourth-order valence-electron chi connectivity index (χ4n) is 1.99. The predicted molar refractivity (Wildman–Crippen MR) is 68.1 cm³/mol. The van der Waals surface area contributed by atoms with Crippen LogP contribution in [0.5, 0.6) is 0 Å². The maximum absolute atomic E-state index is 12.8. The molecule has 0 bridgehead atoms. The van der Waals surface area contributed by atoms with Crippen molar-refractivity contribution in [3.05, 3.63) is 53.7 Å². The molecule has 1 aromatic carbocycles. The molecule has 3 aromatic rings. The van der Waals surface area contributed by atoms with Crippen LogP contribution in [0.3, 0.4) is 0 Å². The largest absolute Gasteiger partial charge is 0.416 e. The van der Waals surface area contributed by atoms with Crippen molar-refractivity contribution >= 4 is 5.65 Å². The number of alkyl halides is 3. The van der Waals surface area contributed by atoms with Crippen LogP contribution in [0, 0.1) is 11.3 Å². The first kappa shape index (κ1) is 13.1. The topological polar surface area (TPSA) is 54.0 Å². The Morgan fingerprint density at radius 2 is 1.90 bits per heavy atom. The molecular weight excluding hydrogens is 281 g/mol. The lowest BCUT2D eigenvalue weighted by Gasteiger charge is -2.07. The highest BCUT2D eigenvalue weighted by atomic mass is 19.4. The number of hydrogen-bond acceptors (Lipinski definition) is 3.